The van der Waals surface area contributed by atoms with Gasteiger partial charge in [0.05, 0.1) is 0 Å². The number of aromatic amines is 1. The Morgan fingerprint density at radius 2 is 1.65 bits per heavy atom. The maximum atomic E-state index is 13.2. The third kappa shape index (κ3) is 3.77. The molecule has 26 heavy (non-hydrogen) atoms. The molecule has 1 atom stereocenters. The number of hydrogen-bond donors (Lipinski definition) is 1. The molecular weight excluding hydrogens is 335 g/mol. The number of likely N-dealkylation sites (N-methyl/N-ethyl adjacent to an activating group) is 1. The number of piperazine rings is 1. The van der Waals surface area contributed by atoms with Crippen LogP contribution in [0, 0.1) is 5.82 Å². The molecule has 0 radical (unpaired) electrons. The Hall–Kier alpha value is -2.67. The summed E-state index contributed by atoms with van der Waals surface area (Å²) in [5.41, 5.74) is 1.31. The molecule has 1 aliphatic rings. The molecule has 0 aliphatic carbocycles. The highest BCUT2D eigenvalue weighted by atomic mass is 19.1. The highest BCUT2D eigenvalue weighted by Gasteiger charge is 2.31. The van der Waals surface area contributed by atoms with Crippen molar-refractivity contribution in [2.75, 3.05) is 40.3 Å². The van der Waals surface area contributed by atoms with Gasteiger partial charge in [-0.25, -0.2) is 4.39 Å². The fraction of sp³-hybridized carbons (Fsp3) is 0.368. The van der Waals surface area contributed by atoms with Crippen molar-refractivity contribution in [2.24, 2.45) is 0 Å². The van der Waals surface area contributed by atoms with Gasteiger partial charge in [0.1, 0.15) is 17.6 Å². The Bertz CT molecular complexity index is 750. The topological polar surface area (TPSA) is 59.7 Å². The second-order valence-electron chi connectivity index (χ2n) is 6.62. The lowest BCUT2D eigenvalue weighted by Gasteiger charge is -2.37. The Balaban J connectivity index is 1.66. The number of benzene rings is 1. The Labute approximate surface area is 152 Å². The molecule has 2 amide bonds. The minimum Gasteiger partial charge on any atom is -0.357 e. The quantitative estimate of drug-likeness (QED) is 0.906. The first-order chi connectivity index (χ1) is 12.5. The normalized spacial score (nSPS) is 16.0. The summed E-state index contributed by atoms with van der Waals surface area (Å²) in [5, 5.41) is 0. The fourth-order valence-electron chi connectivity index (χ4n) is 3.24. The van der Waals surface area contributed by atoms with Crippen LogP contribution in [0.1, 0.15) is 22.1 Å². The molecule has 0 saturated carbocycles. The molecule has 3 rings (SSSR count). The minimum absolute atomic E-state index is 0.0337. The van der Waals surface area contributed by atoms with Crippen LogP contribution in [0.4, 0.5) is 4.39 Å². The predicted molar refractivity (Wildman–Crippen MR) is 96.1 cm³/mol. The van der Waals surface area contributed by atoms with Crippen molar-refractivity contribution in [3.8, 4) is 0 Å². The number of carbonyl (C=O) groups excluding carboxylic acids is 2. The first kappa shape index (κ1) is 18.1. The summed E-state index contributed by atoms with van der Waals surface area (Å²) in [4.78, 5) is 33.7. The van der Waals surface area contributed by atoms with Gasteiger partial charge in [0.2, 0.25) is 5.91 Å². The standard InChI is InChI=1S/C19H23FN4O2/c1-22(2)17(14-5-7-15(20)8-6-14)19(26)24-12-10-23(11-13-24)18(25)16-4-3-9-21-16/h3-9,17,21H,10-13H2,1-2H3/t17-/m1/s1. The van der Waals surface area contributed by atoms with Crippen LogP contribution < -0.4 is 0 Å². The van der Waals surface area contributed by atoms with Crippen LogP contribution in [0.15, 0.2) is 42.6 Å². The van der Waals surface area contributed by atoms with Gasteiger partial charge in [-0.05, 0) is 43.9 Å². The van der Waals surface area contributed by atoms with E-state index in [1.165, 1.54) is 12.1 Å². The molecule has 1 aliphatic heterocycles. The predicted octanol–water partition coefficient (Wildman–Crippen LogP) is 1.74. The highest BCUT2D eigenvalue weighted by Crippen LogP contribution is 2.22. The van der Waals surface area contributed by atoms with E-state index in [0.29, 0.717) is 31.9 Å². The van der Waals surface area contributed by atoms with E-state index in [0.717, 1.165) is 5.56 Å². The molecule has 2 aromatic rings. The van der Waals surface area contributed by atoms with Crippen LogP contribution in [0.5, 0.6) is 0 Å². The fourth-order valence-corrected chi connectivity index (χ4v) is 3.24. The SMILES string of the molecule is CN(C)[C@@H](C(=O)N1CCN(C(=O)c2ccc[nH]2)CC1)c1ccc(F)cc1. The second-order valence-corrected chi connectivity index (χ2v) is 6.62. The van der Waals surface area contributed by atoms with Gasteiger partial charge in [-0.1, -0.05) is 12.1 Å². The molecule has 0 bridgehead atoms. The Kier molecular flexibility index (Phi) is 5.37. The molecule has 138 valence electrons. The van der Waals surface area contributed by atoms with Gasteiger partial charge in [-0.2, -0.15) is 0 Å². The summed E-state index contributed by atoms with van der Waals surface area (Å²) in [6.45, 7) is 1.95. The van der Waals surface area contributed by atoms with Gasteiger partial charge in [0.25, 0.3) is 5.91 Å². The van der Waals surface area contributed by atoms with Gasteiger partial charge in [-0.15, -0.1) is 0 Å². The lowest BCUT2D eigenvalue weighted by molar-refractivity contribution is -0.137. The number of amides is 2. The van der Waals surface area contributed by atoms with Gasteiger partial charge in [-0.3, -0.25) is 14.5 Å². The van der Waals surface area contributed by atoms with Crippen LogP contribution in [0.3, 0.4) is 0 Å². The number of aromatic nitrogens is 1. The molecule has 1 aromatic carbocycles. The van der Waals surface area contributed by atoms with Gasteiger partial charge in [0.15, 0.2) is 0 Å². The lowest BCUT2D eigenvalue weighted by atomic mass is 10.0. The molecule has 0 unspecified atom stereocenters. The van der Waals surface area contributed by atoms with Crippen molar-refractivity contribution in [1.82, 2.24) is 19.7 Å². The van der Waals surface area contributed by atoms with Crippen LogP contribution >= 0.6 is 0 Å². The third-order valence-corrected chi connectivity index (χ3v) is 4.64. The number of nitrogens with one attached hydrogen (secondary N) is 1. The van der Waals surface area contributed by atoms with Crippen molar-refractivity contribution in [1.29, 1.82) is 0 Å². The summed E-state index contributed by atoms with van der Waals surface area (Å²) in [5.74, 6) is -0.409. The largest absolute Gasteiger partial charge is 0.357 e. The van der Waals surface area contributed by atoms with Crippen LogP contribution in [0.25, 0.3) is 0 Å². The van der Waals surface area contributed by atoms with E-state index in [9.17, 15) is 14.0 Å². The monoisotopic (exact) mass is 358 g/mol. The molecule has 1 fully saturated rings. The number of nitrogens with zero attached hydrogens (tertiary/aromatic N) is 3. The maximum Gasteiger partial charge on any atom is 0.270 e. The van der Waals surface area contributed by atoms with Gasteiger partial charge >= 0.3 is 0 Å². The second kappa shape index (κ2) is 7.70. The number of H-pyrrole nitrogens is 1. The highest BCUT2D eigenvalue weighted by molar-refractivity contribution is 5.92. The van der Waals surface area contributed by atoms with Crippen molar-refractivity contribution >= 4 is 11.8 Å². The zero-order valence-corrected chi connectivity index (χ0v) is 15.0. The van der Waals surface area contributed by atoms with E-state index in [1.807, 2.05) is 19.0 Å². The van der Waals surface area contributed by atoms with Crippen LogP contribution in [0.2, 0.25) is 0 Å². The summed E-state index contributed by atoms with van der Waals surface area (Å²) < 4.78 is 13.2. The van der Waals surface area contributed by atoms with Gasteiger partial charge < -0.3 is 14.8 Å². The number of halogens is 1. The summed E-state index contributed by atoms with van der Waals surface area (Å²) >= 11 is 0. The Morgan fingerprint density at radius 3 is 2.19 bits per heavy atom. The molecule has 1 N–H and O–H groups in total. The zero-order valence-electron chi connectivity index (χ0n) is 15.0. The van der Waals surface area contributed by atoms with E-state index < -0.39 is 6.04 Å². The average molecular weight is 358 g/mol. The molecule has 6 nitrogen and oxygen atoms in total. The van der Waals surface area contributed by atoms with Crippen molar-refractivity contribution < 1.29 is 14.0 Å². The van der Waals surface area contributed by atoms with Crippen molar-refractivity contribution in [2.45, 2.75) is 6.04 Å². The smallest absolute Gasteiger partial charge is 0.270 e. The lowest BCUT2D eigenvalue weighted by Crippen LogP contribution is -2.52. The first-order valence-corrected chi connectivity index (χ1v) is 8.60. The van der Waals surface area contributed by atoms with E-state index in [2.05, 4.69) is 4.98 Å². The molecular formula is C19H23FN4O2. The van der Waals surface area contributed by atoms with E-state index in [1.54, 1.807) is 40.3 Å². The van der Waals surface area contributed by atoms with Crippen molar-refractivity contribution in [3.63, 3.8) is 0 Å². The van der Waals surface area contributed by atoms with Crippen molar-refractivity contribution in [3.05, 3.63) is 59.7 Å². The summed E-state index contributed by atoms with van der Waals surface area (Å²) in [7, 11) is 3.66. The van der Waals surface area contributed by atoms with Crippen LogP contribution in [-0.2, 0) is 4.79 Å². The van der Waals surface area contributed by atoms with Gasteiger partial charge in [0, 0.05) is 32.4 Å². The Morgan fingerprint density at radius 1 is 1.04 bits per heavy atom. The maximum absolute atomic E-state index is 13.2. The number of carbonyl (C=O) groups is 2. The zero-order chi connectivity index (χ0) is 18.7. The van der Waals surface area contributed by atoms with E-state index >= 15 is 0 Å². The summed E-state index contributed by atoms with van der Waals surface area (Å²) in [6, 6.07) is 9.08. The minimum atomic E-state index is -0.471. The first-order valence-electron chi connectivity index (χ1n) is 8.60. The number of hydrogen-bond acceptors (Lipinski definition) is 3. The molecule has 1 aromatic heterocycles. The van der Waals surface area contributed by atoms with Crippen LogP contribution in [-0.4, -0.2) is 71.8 Å². The third-order valence-electron chi connectivity index (χ3n) is 4.64. The molecule has 0 spiro atoms. The summed E-state index contributed by atoms with van der Waals surface area (Å²) in [6.07, 6.45) is 1.72. The van der Waals surface area contributed by atoms with E-state index in [-0.39, 0.29) is 17.6 Å². The molecule has 2 heterocycles. The molecule has 7 heteroatoms. The molecule has 1 saturated heterocycles. The average Bonchev–Trinajstić information content (AvgIpc) is 3.17. The van der Waals surface area contributed by atoms with E-state index in [4.69, 9.17) is 0 Å². The number of rotatable bonds is 4.